The largest absolute Gasteiger partial charge is 0.465 e. The van der Waals surface area contributed by atoms with Crippen LogP contribution in [0.2, 0.25) is 0 Å². The number of methoxy groups -OCH3 is 2. The molecule has 1 N–H and O–H groups in total. The van der Waals surface area contributed by atoms with Crippen LogP contribution < -0.4 is 30.9 Å². The van der Waals surface area contributed by atoms with Crippen LogP contribution in [-0.2, 0) is 18.9 Å². The normalized spacial score (nSPS) is 21.5. The van der Waals surface area contributed by atoms with E-state index >= 15 is 0 Å². The molecular weight excluding hydrogens is 807 g/mol. The number of carbonyl (C=O) groups excluding carboxylic acids is 2. The maximum absolute atomic E-state index is 14.0. The molecule has 2 aromatic heterocycles. The summed E-state index contributed by atoms with van der Waals surface area (Å²) in [5, 5.41) is 4.09. The minimum atomic E-state index is -0.672. The molecule has 0 amide bonds. The van der Waals surface area contributed by atoms with Gasteiger partial charge in [-0.1, -0.05) is 0 Å². The molecule has 6 heterocycles. The number of hydrogen-bond acceptors (Lipinski definition) is 14. The summed E-state index contributed by atoms with van der Waals surface area (Å²) in [7, 11) is 2.61. The van der Waals surface area contributed by atoms with Crippen molar-refractivity contribution in [2.24, 2.45) is 0 Å². The third-order valence-electron chi connectivity index (χ3n) is 11.9. The number of morpholine rings is 2. The Morgan fingerprint density at radius 3 is 1.71 bits per heavy atom. The summed E-state index contributed by atoms with van der Waals surface area (Å²) in [4.78, 5) is 56.5. The predicted octanol–water partition coefficient (Wildman–Crippen LogP) is 6.65. The third-order valence-corrected chi connectivity index (χ3v) is 11.9. The van der Waals surface area contributed by atoms with Crippen molar-refractivity contribution in [3.05, 3.63) is 109 Å². The Labute approximate surface area is 356 Å². The Morgan fingerprint density at radius 1 is 0.677 bits per heavy atom. The summed E-state index contributed by atoms with van der Waals surface area (Å²) >= 11 is 0. The van der Waals surface area contributed by atoms with E-state index in [0.717, 1.165) is 37.4 Å². The molecule has 4 atom stereocenters. The lowest BCUT2D eigenvalue weighted by Crippen LogP contribution is -2.41. The second kappa shape index (κ2) is 18.2. The lowest BCUT2D eigenvalue weighted by atomic mass is 9.98. The van der Waals surface area contributed by atoms with Crippen LogP contribution in [0, 0.1) is 11.6 Å². The molecule has 0 aliphatic carbocycles. The number of esters is 2. The smallest absolute Gasteiger partial charge is 0.337 e. The minimum absolute atomic E-state index is 0.0147. The van der Waals surface area contributed by atoms with E-state index in [-0.39, 0.29) is 46.1 Å². The maximum atomic E-state index is 14.0. The van der Waals surface area contributed by atoms with Crippen molar-refractivity contribution in [3.8, 4) is 0 Å². The Bertz CT molecular complexity index is 2590. The third kappa shape index (κ3) is 8.90. The molecule has 62 heavy (non-hydrogen) atoms. The lowest BCUT2D eigenvalue weighted by Gasteiger charge is -2.32. The van der Waals surface area contributed by atoms with Crippen molar-refractivity contribution in [3.63, 3.8) is 0 Å². The fraction of sp³-hybridized carbons (Fsp3) is 0.435. The fourth-order valence-electron chi connectivity index (χ4n) is 8.93. The quantitative estimate of drug-likeness (QED) is 0.174. The van der Waals surface area contributed by atoms with E-state index in [1.165, 1.54) is 44.6 Å². The van der Waals surface area contributed by atoms with Gasteiger partial charge in [0.15, 0.2) is 22.6 Å². The van der Waals surface area contributed by atoms with Crippen molar-refractivity contribution < 1.29 is 46.2 Å². The summed E-state index contributed by atoms with van der Waals surface area (Å²) in [6.45, 7) is 9.02. The summed E-state index contributed by atoms with van der Waals surface area (Å²) in [6, 6.07) is 12.5. The number of hydrogen-bond donors (Lipinski definition) is 1. The topological polar surface area (TPSA) is 153 Å². The molecular formula is C46H50F2N4O10. The van der Waals surface area contributed by atoms with Crippen LogP contribution in [0.25, 0.3) is 21.9 Å². The number of nitrogens with one attached hydrogen (secondary N) is 1. The zero-order valence-corrected chi connectivity index (χ0v) is 35.2. The number of nitrogens with zero attached hydrogens (tertiary/aromatic N) is 3. The van der Waals surface area contributed by atoms with Gasteiger partial charge in [0, 0.05) is 73.8 Å². The molecule has 4 saturated heterocycles. The van der Waals surface area contributed by atoms with Gasteiger partial charge in [-0.15, -0.1) is 0 Å². The van der Waals surface area contributed by atoms with Gasteiger partial charge in [-0.2, -0.15) is 0 Å². The van der Waals surface area contributed by atoms with Crippen LogP contribution in [0.4, 0.5) is 26.2 Å². The first-order valence-electron chi connectivity index (χ1n) is 21.0. The van der Waals surface area contributed by atoms with Crippen molar-refractivity contribution in [1.82, 2.24) is 5.32 Å². The van der Waals surface area contributed by atoms with Gasteiger partial charge in [-0.05, 0) is 82.5 Å². The van der Waals surface area contributed by atoms with Gasteiger partial charge < -0.3 is 47.8 Å². The zero-order valence-electron chi connectivity index (χ0n) is 35.2. The van der Waals surface area contributed by atoms with E-state index in [1.54, 1.807) is 18.2 Å². The highest BCUT2D eigenvalue weighted by Gasteiger charge is 2.32. The summed E-state index contributed by atoms with van der Waals surface area (Å²) in [5.41, 5.74) is 2.88. The van der Waals surface area contributed by atoms with Crippen LogP contribution in [0.5, 0.6) is 0 Å². The molecule has 2 unspecified atom stereocenters. The molecule has 0 radical (unpaired) electrons. The predicted molar refractivity (Wildman–Crippen MR) is 229 cm³/mol. The first-order valence-corrected chi connectivity index (χ1v) is 21.0. The SMILES string of the molecule is COC(=O)c1cc(C2CCCN2)c2oc(N3CCO[C@H](C)C3)cc(=O)c2c1.COC(=O)c1cc(C2CCCN2c2cc(F)cc(F)c2)c2oc(N3CCO[C@H](C)C3)cc(=O)c2c1. The molecule has 14 nitrogen and oxygen atoms in total. The molecule has 4 fully saturated rings. The van der Waals surface area contributed by atoms with Crippen LogP contribution in [0.1, 0.15) is 83.5 Å². The monoisotopic (exact) mass is 856 g/mol. The Balaban J connectivity index is 0.000000176. The van der Waals surface area contributed by atoms with Crippen molar-refractivity contribution >= 4 is 51.3 Å². The van der Waals surface area contributed by atoms with E-state index < -0.39 is 23.6 Å². The lowest BCUT2D eigenvalue weighted by molar-refractivity contribution is 0.0516. The molecule has 3 aromatic carbocycles. The van der Waals surface area contributed by atoms with Gasteiger partial charge in [-0.25, -0.2) is 18.4 Å². The molecule has 328 valence electrons. The molecule has 0 bridgehead atoms. The summed E-state index contributed by atoms with van der Waals surface area (Å²) < 4.78 is 61.5. The van der Waals surface area contributed by atoms with Crippen molar-refractivity contribution in [1.29, 1.82) is 0 Å². The molecule has 16 heteroatoms. The van der Waals surface area contributed by atoms with Gasteiger partial charge in [0.05, 0.1) is 67.6 Å². The van der Waals surface area contributed by atoms with E-state index in [9.17, 15) is 28.0 Å². The fourth-order valence-corrected chi connectivity index (χ4v) is 8.93. The maximum Gasteiger partial charge on any atom is 0.337 e. The van der Waals surface area contributed by atoms with Crippen LogP contribution in [0.15, 0.2) is 73.0 Å². The van der Waals surface area contributed by atoms with Crippen molar-refractivity contribution in [2.45, 2.75) is 63.8 Å². The average molecular weight is 857 g/mol. The van der Waals surface area contributed by atoms with Crippen LogP contribution >= 0.6 is 0 Å². The molecule has 0 spiro atoms. The molecule has 5 aromatic rings. The minimum Gasteiger partial charge on any atom is -0.465 e. The van der Waals surface area contributed by atoms with Crippen LogP contribution in [0.3, 0.4) is 0 Å². The van der Waals surface area contributed by atoms with E-state index in [4.69, 9.17) is 27.8 Å². The Kier molecular flexibility index (Phi) is 12.6. The van der Waals surface area contributed by atoms with E-state index in [2.05, 4.69) is 5.32 Å². The Hall–Kier alpha value is -5.84. The van der Waals surface area contributed by atoms with E-state index in [1.807, 2.05) is 28.5 Å². The number of fused-ring (bicyclic) bond motifs is 2. The first kappa shape index (κ1) is 42.8. The van der Waals surface area contributed by atoms with Gasteiger partial charge in [0.2, 0.25) is 0 Å². The molecule has 4 aliphatic rings. The second-order valence-electron chi connectivity index (χ2n) is 16.1. The number of rotatable bonds is 7. The van der Waals surface area contributed by atoms with Gasteiger partial charge in [0.25, 0.3) is 0 Å². The van der Waals surface area contributed by atoms with E-state index in [0.29, 0.717) is 97.5 Å². The number of carbonyl (C=O) groups is 2. The Morgan fingerprint density at radius 2 is 1.21 bits per heavy atom. The molecule has 0 saturated carbocycles. The first-order chi connectivity index (χ1) is 29.9. The number of halogens is 2. The number of ether oxygens (including phenoxy) is 4. The van der Waals surface area contributed by atoms with Crippen molar-refractivity contribution in [2.75, 3.05) is 81.4 Å². The van der Waals surface area contributed by atoms with Gasteiger partial charge in [-0.3, -0.25) is 9.59 Å². The number of anilines is 3. The highest BCUT2D eigenvalue weighted by Crippen LogP contribution is 2.41. The zero-order chi connectivity index (χ0) is 43.7. The summed E-state index contributed by atoms with van der Waals surface area (Å²) in [6.07, 6.45) is 3.45. The summed E-state index contributed by atoms with van der Waals surface area (Å²) in [5.74, 6) is -1.41. The molecule has 4 aliphatic heterocycles. The molecule has 9 rings (SSSR count). The standard InChI is InChI=1S/C26H26F2N2O5.C20H24N2O5/c1-15-14-29(6-7-34-15)24-13-23(31)21-9-16(26(32)33-2)8-20(25(21)35-24)22-4-3-5-30(22)19-11-17(27)10-18(28)12-19;1-12-11-22(6-7-26-12)18-10-17(23)15-9-13(20(24)25-2)8-14(19(15)27-18)16-4-3-5-21-16/h8-13,15,22H,3-7,14H2,1-2H3;8-10,12,16,21H,3-7,11H2,1-2H3/t15-,22?;12-,16?/m11/s1. The second-order valence-corrected chi connectivity index (χ2v) is 16.1. The van der Waals surface area contributed by atoms with Gasteiger partial charge >= 0.3 is 11.9 Å². The van der Waals surface area contributed by atoms with Gasteiger partial charge in [0.1, 0.15) is 22.8 Å². The highest BCUT2D eigenvalue weighted by atomic mass is 19.1. The number of benzene rings is 3. The average Bonchev–Trinajstić information content (AvgIpc) is 3.99. The highest BCUT2D eigenvalue weighted by molar-refractivity contribution is 5.96. The van der Waals surface area contributed by atoms with Crippen LogP contribution in [-0.4, -0.2) is 90.8 Å².